The van der Waals surface area contributed by atoms with E-state index in [1.54, 1.807) is 37.3 Å². The van der Waals surface area contributed by atoms with Crippen LogP contribution in [0.25, 0.3) is 22.2 Å². The number of likely N-dealkylation sites (N-methyl/N-ethyl adjacent to an activating group) is 1. The van der Waals surface area contributed by atoms with E-state index in [0.29, 0.717) is 28.8 Å². The van der Waals surface area contributed by atoms with E-state index in [-0.39, 0.29) is 0 Å². The molecule has 0 spiro atoms. The summed E-state index contributed by atoms with van der Waals surface area (Å²) in [5, 5.41) is 4.40. The summed E-state index contributed by atoms with van der Waals surface area (Å²) in [7, 11) is -1.89. The molecule has 0 aliphatic carbocycles. The summed E-state index contributed by atoms with van der Waals surface area (Å²) in [6.45, 7) is 9.37. The lowest BCUT2D eigenvalue weighted by Crippen LogP contribution is -2.49. The Bertz CT molecular complexity index is 1880. The van der Waals surface area contributed by atoms with Gasteiger partial charge in [-0.15, -0.1) is 0 Å². The number of benzene rings is 3. The number of aromatic nitrogens is 3. The summed E-state index contributed by atoms with van der Waals surface area (Å²) in [6, 6.07) is 21.6. The number of sulfonamides is 1. The summed E-state index contributed by atoms with van der Waals surface area (Å²) in [6.07, 6.45) is 3.68. The minimum atomic E-state index is -4.07. The highest BCUT2D eigenvalue weighted by Crippen LogP contribution is 2.27. The van der Waals surface area contributed by atoms with Crippen molar-refractivity contribution in [3.63, 3.8) is 0 Å². The Morgan fingerprint density at radius 2 is 1.66 bits per heavy atom. The van der Waals surface area contributed by atoms with Gasteiger partial charge in [0.25, 0.3) is 10.0 Å². The highest BCUT2D eigenvalue weighted by Gasteiger charge is 2.21. The van der Waals surface area contributed by atoms with Gasteiger partial charge in [0.1, 0.15) is 22.9 Å². The number of nitrogens with one attached hydrogen (secondary N) is 2. The Morgan fingerprint density at radius 1 is 0.909 bits per heavy atom. The van der Waals surface area contributed by atoms with Crippen LogP contribution in [0, 0.1) is 12.7 Å². The van der Waals surface area contributed by atoms with E-state index in [0.717, 1.165) is 49.4 Å². The summed E-state index contributed by atoms with van der Waals surface area (Å²) in [4.78, 5) is 13.4. The van der Waals surface area contributed by atoms with Gasteiger partial charge < -0.3 is 14.8 Å². The van der Waals surface area contributed by atoms with Gasteiger partial charge in [-0.2, -0.15) is 0 Å². The number of aryl methyl sites for hydroxylation is 1. The van der Waals surface area contributed by atoms with Crippen molar-refractivity contribution >= 4 is 38.1 Å². The average molecular weight is 614 g/mol. The number of hydrogen-bond acceptors (Lipinski definition) is 7. The predicted molar refractivity (Wildman–Crippen MR) is 173 cm³/mol. The van der Waals surface area contributed by atoms with Gasteiger partial charge in [0.05, 0.1) is 5.69 Å². The number of anilines is 3. The Balaban J connectivity index is 1.12. The van der Waals surface area contributed by atoms with E-state index in [9.17, 15) is 12.8 Å². The third-order valence-electron chi connectivity index (χ3n) is 8.14. The third kappa shape index (κ3) is 6.59. The fourth-order valence-electron chi connectivity index (χ4n) is 5.57. The molecule has 3 heterocycles. The van der Waals surface area contributed by atoms with Crippen LogP contribution >= 0.6 is 0 Å². The van der Waals surface area contributed by atoms with Crippen LogP contribution in [0.2, 0.25) is 0 Å². The lowest BCUT2D eigenvalue weighted by Gasteiger charge is -2.36. The number of nitrogens with zero attached hydrogens (tertiary/aromatic N) is 5. The van der Waals surface area contributed by atoms with Crippen molar-refractivity contribution in [3.8, 4) is 11.3 Å². The molecule has 0 amide bonds. The van der Waals surface area contributed by atoms with Crippen LogP contribution in [-0.2, 0) is 16.6 Å². The van der Waals surface area contributed by atoms with Crippen LogP contribution in [0.3, 0.4) is 0 Å². The van der Waals surface area contributed by atoms with Gasteiger partial charge in [0.2, 0.25) is 0 Å². The summed E-state index contributed by atoms with van der Waals surface area (Å²) in [5.74, 6) is -0.188. The molecular formula is C33H36FN7O2S. The topological polar surface area (TPSA) is 95.4 Å². The number of rotatable bonds is 9. The molecule has 5 aromatic rings. The monoisotopic (exact) mass is 613 g/mol. The molecule has 3 aromatic carbocycles. The normalized spacial score (nSPS) is 15.4. The van der Waals surface area contributed by atoms with Crippen molar-refractivity contribution in [2.75, 3.05) is 43.3 Å². The van der Waals surface area contributed by atoms with Crippen LogP contribution in [0.1, 0.15) is 12.5 Å². The van der Waals surface area contributed by atoms with Crippen molar-refractivity contribution in [1.82, 2.24) is 24.3 Å². The lowest BCUT2D eigenvalue weighted by atomic mass is 10.1. The van der Waals surface area contributed by atoms with Crippen LogP contribution in [0.5, 0.6) is 0 Å². The lowest BCUT2D eigenvalue weighted by molar-refractivity contribution is 0.111. The molecule has 2 N–H and O–H groups in total. The van der Waals surface area contributed by atoms with Crippen LogP contribution in [0.4, 0.5) is 21.6 Å². The molecular weight excluding hydrogens is 577 g/mol. The molecule has 1 unspecified atom stereocenters. The zero-order chi connectivity index (χ0) is 30.8. The maximum absolute atomic E-state index is 14.3. The van der Waals surface area contributed by atoms with E-state index >= 15 is 0 Å². The first-order valence-electron chi connectivity index (χ1n) is 14.6. The molecule has 0 bridgehead atoms. The Labute approximate surface area is 257 Å². The second-order valence-electron chi connectivity index (χ2n) is 11.5. The van der Waals surface area contributed by atoms with Gasteiger partial charge in [0, 0.05) is 78.9 Å². The molecule has 0 radical (unpaired) electrons. The SMILES string of the molecule is Cc1ccc(S(=O)(=O)Nc2ccc(Nc3cc(-c4ccc5c(ccn5CC(C)N5CCN(C)CC5)c4)ncn3)cc2)c(F)c1. The van der Waals surface area contributed by atoms with Gasteiger partial charge in [-0.3, -0.25) is 9.62 Å². The molecule has 2 aromatic heterocycles. The molecule has 9 nitrogen and oxygen atoms in total. The fourth-order valence-corrected chi connectivity index (χ4v) is 6.69. The first kappa shape index (κ1) is 29.7. The van der Waals surface area contributed by atoms with Gasteiger partial charge in [0.15, 0.2) is 0 Å². The molecule has 0 saturated carbocycles. The van der Waals surface area contributed by atoms with Gasteiger partial charge in [-0.1, -0.05) is 12.1 Å². The second kappa shape index (κ2) is 12.4. The Morgan fingerprint density at radius 3 is 2.41 bits per heavy atom. The molecule has 1 aliphatic rings. The minimum absolute atomic E-state index is 0.317. The number of fused-ring (bicyclic) bond motifs is 1. The summed E-state index contributed by atoms with van der Waals surface area (Å²) < 4.78 is 44.4. The average Bonchev–Trinajstić information content (AvgIpc) is 3.40. The molecule has 1 saturated heterocycles. The minimum Gasteiger partial charge on any atom is -0.346 e. The van der Waals surface area contributed by atoms with Crippen LogP contribution in [-0.4, -0.2) is 72.0 Å². The third-order valence-corrected chi connectivity index (χ3v) is 9.56. The van der Waals surface area contributed by atoms with Crippen LogP contribution in [0.15, 0.2) is 90.2 Å². The zero-order valence-electron chi connectivity index (χ0n) is 25.0. The molecule has 1 atom stereocenters. The number of hydrogen-bond donors (Lipinski definition) is 2. The maximum atomic E-state index is 14.3. The zero-order valence-corrected chi connectivity index (χ0v) is 25.9. The van der Waals surface area contributed by atoms with E-state index in [1.807, 2.05) is 6.07 Å². The van der Waals surface area contributed by atoms with Crippen molar-refractivity contribution in [2.24, 2.45) is 0 Å². The highest BCUT2D eigenvalue weighted by molar-refractivity contribution is 7.92. The number of piperazine rings is 1. The molecule has 228 valence electrons. The molecule has 1 aliphatic heterocycles. The van der Waals surface area contributed by atoms with Gasteiger partial charge in [-0.25, -0.2) is 22.8 Å². The largest absolute Gasteiger partial charge is 0.346 e. The number of halogens is 1. The highest BCUT2D eigenvalue weighted by atomic mass is 32.2. The Hall–Kier alpha value is -4.32. The second-order valence-corrected chi connectivity index (χ2v) is 13.1. The predicted octanol–water partition coefficient (Wildman–Crippen LogP) is 5.73. The smallest absolute Gasteiger partial charge is 0.264 e. The van der Waals surface area contributed by atoms with Gasteiger partial charge in [-0.05, 0) is 81.1 Å². The van der Waals surface area contributed by atoms with Crippen molar-refractivity contribution < 1.29 is 12.8 Å². The van der Waals surface area contributed by atoms with E-state index in [2.05, 4.69) is 78.8 Å². The first-order chi connectivity index (χ1) is 21.1. The van der Waals surface area contributed by atoms with E-state index < -0.39 is 20.7 Å². The first-order valence-corrected chi connectivity index (χ1v) is 16.1. The van der Waals surface area contributed by atoms with E-state index in [1.165, 1.54) is 24.0 Å². The standard InChI is InChI=1S/C33H36FN7O2S/c1-23-4-11-32(29(34)18-23)44(42,43)38-28-8-6-27(7-9-28)37-33-20-30(35-22-36-33)25-5-10-31-26(19-25)12-13-41(31)21-24(2)40-16-14-39(3)15-17-40/h4-13,18-20,22,24,38H,14-17,21H2,1-3H3,(H,35,36,37). The van der Waals surface area contributed by atoms with Gasteiger partial charge >= 0.3 is 0 Å². The molecule has 1 fully saturated rings. The van der Waals surface area contributed by atoms with Crippen LogP contribution < -0.4 is 10.0 Å². The molecule has 44 heavy (non-hydrogen) atoms. The molecule has 11 heteroatoms. The summed E-state index contributed by atoms with van der Waals surface area (Å²) in [5.41, 5.74) is 4.64. The Kier molecular flexibility index (Phi) is 8.35. The van der Waals surface area contributed by atoms with Crippen molar-refractivity contribution in [1.29, 1.82) is 0 Å². The maximum Gasteiger partial charge on any atom is 0.264 e. The fraction of sp³-hybridized carbons (Fsp3) is 0.273. The molecule has 6 rings (SSSR count). The van der Waals surface area contributed by atoms with Crippen molar-refractivity contribution in [3.05, 3.63) is 96.7 Å². The van der Waals surface area contributed by atoms with Crippen molar-refractivity contribution in [2.45, 2.75) is 31.3 Å². The summed E-state index contributed by atoms with van der Waals surface area (Å²) >= 11 is 0. The quantitative estimate of drug-likeness (QED) is 0.219. The van der Waals surface area contributed by atoms with E-state index in [4.69, 9.17) is 0 Å².